The average molecular weight is 267 g/mol. The van der Waals surface area contributed by atoms with Crippen LogP contribution in [0, 0.1) is 11.8 Å². The van der Waals surface area contributed by atoms with Gasteiger partial charge in [-0.25, -0.2) is 0 Å². The fraction of sp³-hybridized carbons (Fsp3) is 0.938. The topological polar surface area (TPSA) is 40.5 Å². The summed E-state index contributed by atoms with van der Waals surface area (Å²) in [6.45, 7) is 5.11. The lowest BCUT2D eigenvalue weighted by Gasteiger charge is -2.38. The molecule has 1 saturated heterocycles. The van der Waals surface area contributed by atoms with Crippen molar-refractivity contribution in [3.63, 3.8) is 0 Å². The number of amides is 1. The van der Waals surface area contributed by atoms with Gasteiger partial charge < -0.3 is 10.0 Å². The molecule has 2 aliphatic rings. The van der Waals surface area contributed by atoms with Crippen LogP contribution < -0.4 is 0 Å². The van der Waals surface area contributed by atoms with Gasteiger partial charge in [0.1, 0.15) is 0 Å². The first kappa shape index (κ1) is 14.8. The number of carbonyl (C=O) groups excluding carboxylic acids is 1. The average Bonchev–Trinajstić information content (AvgIpc) is 2.89. The van der Waals surface area contributed by atoms with Crippen LogP contribution in [-0.2, 0) is 4.79 Å². The molecule has 0 aromatic heterocycles. The Labute approximate surface area is 117 Å². The van der Waals surface area contributed by atoms with E-state index in [0.717, 1.165) is 51.5 Å². The zero-order valence-electron chi connectivity index (χ0n) is 12.5. The third kappa shape index (κ3) is 3.13. The first-order valence-electron chi connectivity index (χ1n) is 8.17. The van der Waals surface area contributed by atoms with Crippen LogP contribution in [0.1, 0.15) is 65.2 Å². The molecule has 1 aliphatic carbocycles. The van der Waals surface area contributed by atoms with Crippen molar-refractivity contribution in [3.05, 3.63) is 0 Å². The molecule has 0 aromatic rings. The number of nitrogens with zero attached hydrogens (tertiary/aromatic N) is 1. The maximum Gasteiger partial charge on any atom is 0.225 e. The highest BCUT2D eigenvalue weighted by Crippen LogP contribution is 2.35. The number of aliphatic hydroxyl groups excluding tert-OH is 1. The van der Waals surface area contributed by atoms with Gasteiger partial charge in [0, 0.05) is 24.4 Å². The van der Waals surface area contributed by atoms with E-state index in [4.69, 9.17) is 0 Å². The van der Waals surface area contributed by atoms with Gasteiger partial charge in [0.05, 0.1) is 6.10 Å². The third-order valence-electron chi connectivity index (χ3n) is 5.19. The van der Waals surface area contributed by atoms with Gasteiger partial charge >= 0.3 is 0 Å². The van der Waals surface area contributed by atoms with Crippen molar-refractivity contribution >= 4 is 5.91 Å². The first-order valence-corrected chi connectivity index (χ1v) is 8.17. The lowest BCUT2D eigenvalue weighted by Crippen LogP contribution is -2.47. The van der Waals surface area contributed by atoms with Crippen molar-refractivity contribution < 1.29 is 9.90 Å². The fourth-order valence-electron chi connectivity index (χ4n) is 3.97. The lowest BCUT2D eigenvalue weighted by molar-refractivity contribution is -0.138. The molecule has 0 radical (unpaired) electrons. The summed E-state index contributed by atoms with van der Waals surface area (Å²) in [7, 11) is 0. The highest BCUT2D eigenvalue weighted by molar-refractivity contribution is 5.79. The molecule has 0 bridgehead atoms. The van der Waals surface area contributed by atoms with E-state index in [1.165, 1.54) is 6.42 Å². The maximum atomic E-state index is 12.6. The van der Waals surface area contributed by atoms with E-state index in [0.29, 0.717) is 17.9 Å². The van der Waals surface area contributed by atoms with Crippen LogP contribution in [0.2, 0.25) is 0 Å². The normalized spacial score (nSPS) is 32.0. The van der Waals surface area contributed by atoms with Crippen LogP contribution in [0.5, 0.6) is 0 Å². The summed E-state index contributed by atoms with van der Waals surface area (Å²) in [6.07, 6.45) is 8.27. The van der Waals surface area contributed by atoms with Gasteiger partial charge in [-0.15, -0.1) is 0 Å². The molecule has 0 aromatic carbocycles. The number of hydrogen-bond acceptors (Lipinski definition) is 2. The second-order valence-corrected chi connectivity index (χ2v) is 6.27. The van der Waals surface area contributed by atoms with Gasteiger partial charge in [-0.1, -0.05) is 26.7 Å². The predicted octanol–water partition coefficient (Wildman–Crippen LogP) is 2.96. The number of aliphatic hydroxyl groups is 1. The summed E-state index contributed by atoms with van der Waals surface area (Å²) in [6, 6.07) is 0.309. The zero-order chi connectivity index (χ0) is 13.8. The van der Waals surface area contributed by atoms with E-state index < -0.39 is 0 Å². The SMILES string of the molecule is CCC(CC)C(=O)N1CCCC1C1CCCCC1O. The Bertz CT molecular complexity index is 301. The van der Waals surface area contributed by atoms with Crippen LogP contribution in [0.4, 0.5) is 0 Å². The molecule has 110 valence electrons. The number of carbonyl (C=O) groups is 1. The quantitative estimate of drug-likeness (QED) is 0.850. The van der Waals surface area contributed by atoms with Crippen molar-refractivity contribution in [2.75, 3.05) is 6.54 Å². The van der Waals surface area contributed by atoms with Crippen molar-refractivity contribution in [2.24, 2.45) is 11.8 Å². The number of likely N-dealkylation sites (tertiary alicyclic amines) is 1. The summed E-state index contributed by atoms with van der Waals surface area (Å²) < 4.78 is 0. The summed E-state index contributed by atoms with van der Waals surface area (Å²) in [4.78, 5) is 14.7. The minimum absolute atomic E-state index is 0.182. The van der Waals surface area contributed by atoms with E-state index >= 15 is 0 Å². The van der Waals surface area contributed by atoms with Crippen molar-refractivity contribution in [1.29, 1.82) is 0 Å². The smallest absolute Gasteiger partial charge is 0.225 e. The molecule has 3 unspecified atom stereocenters. The molecule has 1 N–H and O–H groups in total. The highest BCUT2D eigenvalue weighted by Gasteiger charge is 2.39. The second kappa shape index (κ2) is 6.74. The maximum absolute atomic E-state index is 12.6. The number of hydrogen-bond donors (Lipinski definition) is 1. The largest absolute Gasteiger partial charge is 0.393 e. The molecule has 2 rings (SSSR count). The Hall–Kier alpha value is -0.570. The molecule has 1 amide bonds. The molecule has 19 heavy (non-hydrogen) atoms. The monoisotopic (exact) mass is 267 g/mol. The fourth-order valence-corrected chi connectivity index (χ4v) is 3.97. The molecule has 3 nitrogen and oxygen atoms in total. The van der Waals surface area contributed by atoms with Crippen molar-refractivity contribution in [3.8, 4) is 0 Å². The lowest BCUT2D eigenvalue weighted by atomic mass is 9.80. The van der Waals surface area contributed by atoms with Crippen molar-refractivity contribution in [2.45, 2.75) is 77.4 Å². The summed E-state index contributed by atoms with van der Waals surface area (Å²) in [5, 5.41) is 10.2. The molecule has 2 fully saturated rings. The Balaban J connectivity index is 2.05. The van der Waals surface area contributed by atoms with E-state index in [9.17, 15) is 9.90 Å². The minimum Gasteiger partial charge on any atom is -0.393 e. The first-order chi connectivity index (χ1) is 9.19. The zero-order valence-corrected chi connectivity index (χ0v) is 12.5. The number of rotatable bonds is 4. The van der Waals surface area contributed by atoms with Gasteiger partial charge in [-0.3, -0.25) is 4.79 Å². The second-order valence-electron chi connectivity index (χ2n) is 6.27. The Morgan fingerprint density at radius 2 is 1.84 bits per heavy atom. The molecular weight excluding hydrogens is 238 g/mol. The van der Waals surface area contributed by atoms with Gasteiger partial charge in [-0.2, -0.15) is 0 Å². The van der Waals surface area contributed by atoms with E-state index in [1.54, 1.807) is 0 Å². The van der Waals surface area contributed by atoms with Gasteiger partial charge in [0.15, 0.2) is 0 Å². The van der Waals surface area contributed by atoms with Crippen LogP contribution in [0.15, 0.2) is 0 Å². The van der Waals surface area contributed by atoms with Crippen LogP contribution >= 0.6 is 0 Å². The molecule has 1 aliphatic heterocycles. The minimum atomic E-state index is -0.186. The highest BCUT2D eigenvalue weighted by atomic mass is 16.3. The summed E-state index contributed by atoms with van der Waals surface area (Å²) in [5.74, 6) is 0.848. The Morgan fingerprint density at radius 3 is 2.47 bits per heavy atom. The Kier molecular flexibility index (Phi) is 5.26. The molecule has 1 saturated carbocycles. The summed E-state index contributed by atoms with van der Waals surface area (Å²) >= 11 is 0. The standard InChI is InChI=1S/C16H29NO2/c1-3-12(4-2)16(19)17-11-7-9-14(17)13-8-5-6-10-15(13)18/h12-15,18H,3-11H2,1-2H3. The Morgan fingerprint density at radius 1 is 1.16 bits per heavy atom. The summed E-state index contributed by atoms with van der Waals surface area (Å²) in [5.41, 5.74) is 0. The van der Waals surface area contributed by atoms with E-state index in [2.05, 4.69) is 18.7 Å². The van der Waals surface area contributed by atoms with E-state index in [1.807, 2.05) is 0 Å². The molecular formula is C16H29NO2. The van der Waals surface area contributed by atoms with Crippen LogP contribution in [-0.4, -0.2) is 34.6 Å². The van der Waals surface area contributed by atoms with Gasteiger partial charge in [0.25, 0.3) is 0 Å². The van der Waals surface area contributed by atoms with Crippen LogP contribution in [0.25, 0.3) is 0 Å². The molecule has 3 atom stereocenters. The van der Waals surface area contributed by atoms with Gasteiger partial charge in [0.2, 0.25) is 5.91 Å². The third-order valence-corrected chi connectivity index (χ3v) is 5.19. The van der Waals surface area contributed by atoms with Crippen LogP contribution in [0.3, 0.4) is 0 Å². The molecule has 1 heterocycles. The van der Waals surface area contributed by atoms with Crippen molar-refractivity contribution in [1.82, 2.24) is 4.90 Å². The predicted molar refractivity (Wildman–Crippen MR) is 76.8 cm³/mol. The van der Waals surface area contributed by atoms with E-state index in [-0.39, 0.29) is 12.0 Å². The van der Waals surface area contributed by atoms with Gasteiger partial charge in [-0.05, 0) is 38.5 Å². The molecule has 0 spiro atoms. The molecule has 3 heteroatoms.